The van der Waals surface area contributed by atoms with Crippen molar-refractivity contribution >= 4 is 35.3 Å². The van der Waals surface area contributed by atoms with E-state index in [-0.39, 0.29) is 21.4 Å². The highest BCUT2D eigenvalue weighted by Crippen LogP contribution is 2.39. The molecular weight excluding hydrogens is 340 g/mol. The van der Waals surface area contributed by atoms with E-state index < -0.39 is 11.8 Å². The minimum Gasteiger partial charge on any atom is -0.287 e. The second-order valence-electron chi connectivity index (χ2n) is 4.55. The molecule has 3 rings (SSSR count). The SMILES string of the molecule is O=C1NC(=O)C(Sc2ccc(F)cc2)=C1Sc1ccc(F)cc1. The Hall–Kier alpha value is -2.12. The summed E-state index contributed by atoms with van der Waals surface area (Å²) in [6.45, 7) is 0. The lowest BCUT2D eigenvalue weighted by Gasteiger charge is -2.04. The van der Waals surface area contributed by atoms with E-state index in [9.17, 15) is 18.4 Å². The van der Waals surface area contributed by atoms with Crippen LogP contribution in [0.5, 0.6) is 0 Å². The number of nitrogens with one attached hydrogen (secondary N) is 1. The van der Waals surface area contributed by atoms with Gasteiger partial charge < -0.3 is 0 Å². The molecule has 1 heterocycles. The van der Waals surface area contributed by atoms with E-state index in [1.165, 1.54) is 48.5 Å². The zero-order valence-electron chi connectivity index (χ0n) is 11.5. The first-order valence-corrected chi connectivity index (χ1v) is 8.13. The number of amides is 2. The van der Waals surface area contributed by atoms with Crippen LogP contribution in [0.15, 0.2) is 68.1 Å². The Morgan fingerprint density at radius 2 is 1.00 bits per heavy atom. The third-order valence-electron chi connectivity index (χ3n) is 2.91. The maximum absolute atomic E-state index is 12.9. The molecule has 0 atom stereocenters. The molecule has 116 valence electrons. The van der Waals surface area contributed by atoms with Gasteiger partial charge in [-0.05, 0) is 48.5 Å². The van der Waals surface area contributed by atoms with Crippen LogP contribution in [0.3, 0.4) is 0 Å². The maximum atomic E-state index is 12.9. The molecule has 0 spiro atoms. The number of hydrogen-bond donors (Lipinski definition) is 1. The smallest absolute Gasteiger partial charge is 0.266 e. The molecule has 0 saturated carbocycles. The zero-order chi connectivity index (χ0) is 16.4. The molecule has 0 fully saturated rings. The highest BCUT2D eigenvalue weighted by atomic mass is 32.2. The van der Waals surface area contributed by atoms with Crippen molar-refractivity contribution in [2.45, 2.75) is 9.79 Å². The molecule has 1 N–H and O–H groups in total. The second-order valence-corrected chi connectivity index (χ2v) is 6.72. The Bertz CT molecular complexity index is 734. The summed E-state index contributed by atoms with van der Waals surface area (Å²) in [5.74, 6) is -1.74. The van der Waals surface area contributed by atoms with E-state index >= 15 is 0 Å². The predicted octanol–water partition coefficient (Wildman–Crippen LogP) is 3.72. The van der Waals surface area contributed by atoms with Gasteiger partial charge in [-0.15, -0.1) is 0 Å². The van der Waals surface area contributed by atoms with E-state index in [0.717, 1.165) is 23.5 Å². The van der Waals surface area contributed by atoms with Gasteiger partial charge in [-0.25, -0.2) is 8.78 Å². The van der Waals surface area contributed by atoms with Gasteiger partial charge in [0.25, 0.3) is 11.8 Å². The van der Waals surface area contributed by atoms with Gasteiger partial charge in [0.2, 0.25) is 0 Å². The fourth-order valence-electron chi connectivity index (χ4n) is 1.85. The Morgan fingerprint density at radius 1 is 0.652 bits per heavy atom. The van der Waals surface area contributed by atoms with Crippen LogP contribution in [0, 0.1) is 11.6 Å². The average Bonchev–Trinajstić information content (AvgIpc) is 2.78. The van der Waals surface area contributed by atoms with Gasteiger partial charge in [0.1, 0.15) is 11.6 Å². The van der Waals surface area contributed by atoms with Crippen LogP contribution in [-0.4, -0.2) is 11.8 Å². The monoisotopic (exact) mass is 349 g/mol. The van der Waals surface area contributed by atoms with Crippen molar-refractivity contribution < 1.29 is 18.4 Å². The average molecular weight is 349 g/mol. The van der Waals surface area contributed by atoms with Gasteiger partial charge in [-0.1, -0.05) is 23.5 Å². The van der Waals surface area contributed by atoms with Crippen molar-refractivity contribution in [1.82, 2.24) is 5.32 Å². The van der Waals surface area contributed by atoms with Gasteiger partial charge >= 0.3 is 0 Å². The van der Waals surface area contributed by atoms with Crippen molar-refractivity contribution in [2.75, 3.05) is 0 Å². The number of imide groups is 1. The highest BCUT2D eigenvalue weighted by Gasteiger charge is 2.31. The summed E-state index contributed by atoms with van der Waals surface area (Å²) in [6.07, 6.45) is 0. The maximum Gasteiger partial charge on any atom is 0.266 e. The van der Waals surface area contributed by atoms with Crippen molar-refractivity contribution in [3.63, 3.8) is 0 Å². The molecule has 0 aliphatic carbocycles. The third kappa shape index (κ3) is 3.62. The van der Waals surface area contributed by atoms with Gasteiger partial charge in [0.15, 0.2) is 0 Å². The summed E-state index contributed by atoms with van der Waals surface area (Å²) in [5.41, 5.74) is 0. The van der Waals surface area contributed by atoms with Crippen LogP contribution in [0.25, 0.3) is 0 Å². The fraction of sp³-hybridized carbons (Fsp3) is 0. The van der Waals surface area contributed by atoms with Crippen LogP contribution in [0.1, 0.15) is 0 Å². The molecule has 0 unspecified atom stereocenters. The number of carbonyl (C=O) groups is 2. The molecule has 2 amide bonds. The molecule has 2 aromatic rings. The van der Waals surface area contributed by atoms with Crippen molar-refractivity contribution in [3.05, 3.63) is 70.0 Å². The number of hydrogen-bond acceptors (Lipinski definition) is 4. The Kier molecular flexibility index (Phi) is 4.49. The molecule has 0 aromatic heterocycles. The molecule has 23 heavy (non-hydrogen) atoms. The Labute approximate surface area is 139 Å². The van der Waals surface area contributed by atoms with Gasteiger partial charge in [-0.3, -0.25) is 14.9 Å². The number of rotatable bonds is 4. The zero-order valence-corrected chi connectivity index (χ0v) is 13.1. The largest absolute Gasteiger partial charge is 0.287 e. The Morgan fingerprint density at radius 3 is 1.35 bits per heavy atom. The minimum atomic E-state index is -0.492. The summed E-state index contributed by atoms with van der Waals surface area (Å²) >= 11 is 2.17. The number of halogens is 2. The number of benzene rings is 2. The molecule has 0 bridgehead atoms. The quantitative estimate of drug-likeness (QED) is 0.855. The lowest BCUT2D eigenvalue weighted by Crippen LogP contribution is -2.22. The lowest BCUT2D eigenvalue weighted by molar-refractivity contribution is -0.123. The third-order valence-corrected chi connectivity index (χ3v) is 5.25. The van der Waals surface area contributed by atoms with E-state index in [2.05, 4.69) is 5.32 Å². The Balaban J connectivity index is 1.90. The van der Waals surface area contributed by atoms with Crippen LogP contribution in [0.4, 0.5) is 8.78 Å². The van der Waals surface area contributed by atoms with E-state index in [0.29, 0.717) is 9.79 Å². The summed E-state index contributed by atoms with van der Waals surface area (Å²) in [7, 11) is 0. The first-order valence-electron chi connectivity index (χ1n) is 6.50. The van der Waals surface area contributed by atoms with Gasteiger partial charge in [0, 0.05) is 9.79 Å². The molecule has 7 heteroatoms. The first kappa shape index (κ1) is 15.8. The number of carbonyl (C=O) groups excluding carboxylic acids is 2. The van der Waals surface area contributed by atoms with Gasteiger partial charge in [-0.2, -0.15) is 0 Å². The first-order chi connectivity index (χ1) is 11.0. The standard InChI is InChI=1S/C16H9F2NO2S2/c17-9-1-5-11(6-2-9)22-13-14(16(21)19-15(13)20)23-12-7-3-10(18)4-8-12/h1-8H,(H,19,20,21). The molecule has 1 aliphatic rings. The normalized spacial score (nSPS) is 14.3. The van der Waals surface area contributed by atoms with Crippen molar-refractivity contribution in [3.8, 4) is 0 Å². The molecule has 2 aromatic carbocycles. The molecule has 1 aliphatic heterocycles. The topological polar surface area (TPSA) is 46.2 Å². The van der Waals surface area contributed by atoms with Crippen LogP contribution in [-0.2, 0) is 9.59 Å². The molecular formula is C16H9F2NO2S2. The predicted molar refractivity (Wildman–Crippen MR) is 84.7 cm³/mol. The molecule has 0 saturated heterocycles. The van der Waals surface area contributed by atoms with Crippen LogP contribution in [0.2, 0.25) is 0 Å². The van der Waals surface area contributed by atoms with E-state index in [1.807, 2.05) is 0 Å². The van der Waals surface area contributed by atoms with E-state index in [1.54, 1.807) is 0 Å². The second kappa shape index (κ2) is 6.55. The summed E-state index contributed by atoms with van der Waals surface area (Å²) in [4.78, 5) is 25.7. The van der Waals surface area contributed by atoms with Crippen molar-refractivity contribution in [1.29, 1.82) is 0 Å². The fourth-order valence-corrected chi connectivity index (χ4v) is 3.77. The van der Waals surface area contributed by atoms with Gasteiger partial charge in [0.05, 0.1) is 9.81 Å². The summed E-state index contributed by atoms with van der Waals surface area (Å²) < 4.78 is 25.9. The minimum absolute atomic E-state index is 0.246. The lowest BCUT2D eigenvalue weighted by atomic mass is 10.3. The summed E-state index contributed by atoms with van der Waals surface area (Å²) in [5, 5.41) is 2.24. The summed E-state index contributed by atoms with van der Waals surface area (Å²) in [6, 6.07) is 11.3. The van der Waals surface area contributed by atoms with Crippen molar-refractivity contribution in [2.24, 2.45) is 0 Å². The van der Waals surface area contributed by atoms with Crippen LogP contribution < -0.4 is 5.32 Å². The molecule has 3 nitrogen and oxygen atoms in total. The highest BCUT2D eigenvalue weighted by molar-refractivity contribution is 8.08. The number of thioether (sulfide) groups is 2. The van der Waals surface area contributed by atoms with E-state index in [4.69, 9.17) is 0 Å². The molecule has 0 radical (unpaired) electrons. The van der Waals surface area contributed by atoms with Crippen LogP contribution >= 0.6 is 23.5 Å².